The molecule has 1 N–H and O–H groups in total. The molecule has 0 saturated carbocycles. The SMILES string of the molecule is CCNc1nc(C(C)C)nc(SCCCOC)c1C. The number of hydrogen-bond acceptors (Lipinski definition) is 5. The molecule has 0 spiro atoms. The molecule has 1 rings (SSSR count). The highest BCUT2D eigenvalue weighted by molar-refractivity contribution is 7.99. The molecule has 1 heterocycles. The molecule has 0 bridgehead atoms. The van der Waals surface area contributed by atoms with Crippen molar-refractivity contribution in [1.82, 2.24) is 9.97 Å². The Kier molecular flexibility index (Phi) is 7.16. The van der Waals surface area contributed by atoms with Crippen LogP contribution in [0.2, 0.25) is 0 Å². The first kappa shape index (κ1) is 16.2. The largest absolute Gasteiger partial charge is 0.385 e. The normalized spacial score (nSPS) is 11.1. The molecule has 0 fully saturated rings. The Morgan fingerprint density at radius 2 is 2.05 bits per heavy atom. The van der Waals surface area contributed by atoms with Gasteiger partial charge >= 0.3 is 0 Å². The van der Waals surface area contributed by atoms with Gasteiger partial charge in [0.2, 0.25) is 0 Å². The molecule has 0 saturated heterocycles. The summed E-state index contributed by atoms with van der Waals surface area (Å²) >= 11 is 1.79. The van der Waals surface area contributed by atoms with Crippen molar-refractivity contribution in [2.24, 2.45) is 0 Å². The molecule has 1 aromatic rings. The van der Waals surface area contributed by atoms with Gasteiger partial charge in [-0.3, -0.25) is 0 Å². The average Bonchev–Trinajstić information content (AvgIpc) is 2.38. The highest BCUT2D eigenvalue weighted by Gasteiger charge is 2.12. The molecule has 4 nitrogen and oxygen atoms in total. The fraction of sp³-hybridized carbons (Fsp3) is 0.714. The summed E-state index contributed by atoms with van der Waals surface area (Å²) in [5.74, 6) is 3.25. The maximum absolute atomic E-state index is 5.08. The number of methoxy groups -OCH3 is 1. The lowest BCUT2D eigenvalue weighted by Gasteiger charge is -2.14. The minimum atomic E-state index is 0.344. The lowest BCUT2D eigenvalue weighted by Crippen LogP contribution is -2.08. The van der Waals surface area contributed by atoms with E-state index in [1.165, 1.54) is 0 Å². The van der Waals surface area contributed by atoms with Gasteiger partial charge in [-0.1, -0.05) is 13.8 Å². The van der Waals surface area contributed by atoms with E-state index in [9.17, 15) is 0 Å². The van der Waals surface area contributed by atoms with Crippen molar-refractivity contribution in [2.45, 2.75) is 45.1 Å². The van der Waals surface area contributed by atoms with Crippen LogP contribution in [0.4, 0.5) is 5.82 Å². The summed E-state index contributed by atoms with van der Waals surface area (Å²) in [6.45, 7) is 10.1. The highest BCUT2D eigenvalue weighted by Crippen LogP contribution is 2.27. The molecule has 19 heavy (non-hydrogen) atoms. The number of thioether (sulfide) groups is 1. The van der Waals surface area contributed by atoms with E-state index in [2.05, 4.69) is 43.0 Å². The Balaban J connectivity index is 2.87. The second kappa shape index (κ2) is 8.38. The van der Waals surface area contributed by atoms with E-state index >= 15 is 0 Å². The fourth-order valence-electron chi connectivity index (χ4n) is 1.62. The van der Waals surface area contributed by atoms with Crippen LogP contribution in [0.5, 0.6) is 0 Å². The third-order valence-corrected chi connectivity index (χ3v) is 3.87. The molecule has 108 valence electrons. The van der Waals surface area contributed by atoms with Crippen LogP contribution in [0.25, 0.3) is 0 Å². The first-order valence-corrected chi connectivity index (χ1v) is 7.82. The molecule has 0 atom stereocenters. The topological polar surface area (TPSA) is 47.0 Å². The van der Waals surface area contributed by atoms with Crippen LogP contribution in [-0.4, -0.2) is 36.0 Å². The summed E-state index contributed by atoms with van der Waals surface area (Å²) < 4.78 is 5.08. The van der Waals surface area contributed by atoms with Gasteiger partial charge in [0.05, 0.1) is 0 Å². The number of nitrogens with one attached hydrogen (secondary N) is 1. The molecule has 0 aliphatic heterocycles. The Morgan fingerprint density at radius 3 is 2.63 bits per heavy atom. The molecule has 0 aromatic carbocycles. The van der Waals surface area contributed by atoms with Gasteiger partial charge in [-0.15, -0.1) is 11.8 Å². The Bertz CT molecular complexity index is 397. The van der Waals surface area contributed by atoms with Gasteiger partial charge in [0, 0.05) is 37.5 Å². The number of aromatic nitrogens is 2. The van der Waals surface area contributed by atoms with E-state index in [-0.39, 0.29) is 0 Å². The molecule has 0 radical (unpaired) electrons. The van der Waals surface area contributed by atoms with Crippen molar-refractivity contribution in [2.75, 3.05) is 31.3 Å². The van der Waals surface area contributed by atoms with Gasteiger partial charge in [0.15, 0.2) is 0 Å². The van der Waals surface area contributed by atoms with E-state index in [0.29, 0.717) is 5.92 Å². The summed E-state index contributed by atoms with van der Waals surface area (Å²) in [6.07, 6.45) is 1.04. The first-order valence-electron chi connectivity index (χ1n) is 6.84. The molecule has 0 unspecified atom stereocenters. The molecular weight excluding hydrogens is 258 g/mol. The van der Waals surface area contributed by atoms with Crippen LogP contribution < -0.4 is 5.32 Å². The first-order chi connectivity index (χ1) is 9.10. The zero-order valence-electron chi connectivity index (χ0n) is 12.6. The Hall–Kier alpha value is -0.810. The summed E-state index contributed by atoms with van der Waals surface area (Å²) in [6, 6.07) is 0. The molecule has 0 aliphatic rings. The average molecular weight is 283 g/mol. The molecule has 0 aliphatic carbocycles. The molecule has 5 heteroatoms. The standard InChI is InChI=1S/C14H25N3OS/c1-6-15-13-11(4)14(19-9-7-8-18-5)17-12(16-13)10(2)3/h10H,6-9H2,1-5H3,(H,15,16,17). The second-order valence-corrected chi connectivity index (χ2v) is 5.82. The predicted octanol–water partition coefficient (Wildman–Crippen LogP) is 3.47. The predicted molar refractivity (Wildman–Crippen MR) is 82.2 cm³/mol. The zero-order chi connectivity index (χ0) is 14.3. The summed E-state index contributed by atoms with van der Waals surface area (Å²) in [5.41, 5.74) is 1.15. The summed E-state index contributed by atoms with van der Waals surface area (Å²) in [7, 11) is 1.74. The van der Waals surface area contributed by atoms with Crippen molar-refractivity contribution in [3.63, 3.8) is 0 Å². The third kappa shape index (κ3) is 4.99. The lowest BCUT2D eigenvalue weighted by molar-refractivity contribution is 0.200. The van der Waals surface area contributed by atoms with Gasteiger partial charge in [0.1, 0.15) is 16.7 Å². The number of anilines is 1. The lowest BCUT2D eigenvalue weighted by atomic mass is 10.2. The summed E-state index contributed by atoms with van der Waals surface area (Å²) in [4.78, 5) is 9.29. The third-order valence-electron chi connectivity index (χ3n) is 2.71. The number of hydrogen-bond donors (Lipinski definition) is 1. The number of ether oxygens (including phenoxy) is 1. The maximum atomic E-state index is 5.08. The van der Waals surface area contributed by atoms with Gasteiger partial charge in [-0.25, -0.2) is 9.97 Å². The minimum absolute atomic E-state index is 0.344. The van der Waals surface area contributed by atoms with Crippen molar-refractivity contribution in [1.29, 1.82) is 0 Å². The molecular formula is C14H25N3OS. The smallest absolute Gasteiger partial charge is 0.134 e. The molecule has 1 aromatic heterocycles. The fourth-order valence-corrected chi connectivity index (χ4v) is 2.55. The molecule has 0 amide bonds. The van der Waals surface area contributed by atoms with E-state index in [0.717, 1.165) is 47.6 Å². The van der Waals surface area contributed by atoms with Crippen LogP contribution in [0, 0.1) is 6.92 Å². The number of nitrogens with zero attached hydrogens (tertiary/aromatic N) is 2. The van der Waals surface area contributed by atoms with Crippen LogP contribution in [0.15, 0.2) is 5.03 Å². The van der Waals surface area contributed by atoms with E-state index in [1.54, 1.807) is 18.9 Å². The highest BCUT2D eigenvalue weighted by atomic mass is 32.2. The van der Waals surface area contributed by atoms with Gasteiger partial charge in [-0.05, 0) is 20.3 Å². The van der Waals surface area contributed by atoms with Gasteiger partial charge < -0.3 is 10.1 Å². The van der Waals surface area contributed by atoms with E-state index < -0.39 is 0 Å². The van der Waals surface area contributed by atoms with E-state index in [4.69, 9.17) is 4.74 Å². The van der Waals surface area contributed by atoms with Crippen LogP contribution in [0.3, 0.4) is 0 Å². The second-order valence-electron chi connectivity index (χ2n) is 4.74. The van der Waals surface area contributed by atoms with Crippen molar-refractivity contribution in [3.8, 4) is 0 Å². The minimum Gasteiger partial charge on any atom is -0.385 e. The van der Waals surface area contributed by atoms with E-state index in [1.807, 2.05) is 0 Å². The van der Waals surface area contributed by atoms with Crippen LogP contribution >= 0.6 is 11.8 Å². The van der Waals surface area contributed by atoms with Crippen LogP contribution in [-0.2, 0) is 4.74 Å². The van der Waals surface area contributed by atoms with Gasteiger partial charge in [-0.2, -0.15) is 0 Å². The quantitative estimate of drug-likeness (QED) is 0.450. The zero-order valence-corrected chi connectivity index (χ0v) is 13.4. The van der Waals surface area contributed by atoms with Crippen molar-refractivity contribution >= 4 is 17.6 Å². The van der Waals surface area contributed by atoms with Crippen molar-refractivity contribution in [3.05, 3.63) is 11.4 Å². The monoisotopic (exact) mass is 283 g/mol. The van der Waals surface area contributed by atoms with Crippen molar-refractivity contribution < 1.29 is 4.74 Å². The maximum Gasteiger partial charge on any atom is 0.134 e. The number of rotatable bonds is 8. The summed E-state index contributed by atoms with van der Waals surface area (Å²) in [5, 5.41) is 4.41. The Morgan fingerprint density at radius 1 is 1.32 bits per heavy atom. The van der Waals surface area contributed by atoms with Gasteiger partial charge in [0.25, 0.3) is 0 Å². The Labute approximate surface area is 120 Å². The van der Waals surface area contributed by atoms with Crippen LogP contribution in [0.1, 0.15) is 44.5 Å².